The molecule has 0 aromatic heterocycles. The van der Waals surface area contributed by atoms with Crippen LogP contribution in [0.15, 0.2) is 0 Å². The lowest BCUT2D eigenvalue weighted by molar-refractivity contribution is 0.124. The zero-order chi connectivity index (χ0) is 8.69. The minimum absolute atomic E-state index is 0.276. The van der Waals surface area contributed by atoms with Gasteiger partial charge in [-0.25, -0.2) is 4.39 Å². The monoisotopic (exact) mass is 163 g/mol. The van der Waals surface area contributed by atoms with Crippen LogP contribution in [0.25, 0.3) is 0 Å². The molecule has 0 unspecified atom stereocenters. The molecule has 0 aromatic carbocycles. The molecule has 0 spiro atoms. The molecule has 0 fully saturated rings. The van der Waals surface area contributed by atoms with E-state index < -0.39 is 0 Å². The summed E-state index contributed by atoms with van der Waals surface area (Å²) in [5.41, 5.74) is 0. The van der Waals surface area contributed by atoms with E-state index in [0.29, 0.717) is 19.2 Å². The minimum Gasteiger partial charge on any atom is -0.383 e. The molecule has 0 aromatic rings. The summed E-state index contributed by atoms with van der Waals surface area (Å²) in [4.78, 5) is 2.06. The number of hydrogen-bond acceptors (Lipinski definition) is 2. The van der Waals surface area contributed by atoms with Crippen LogP contribution in [0, 0.1) is 0 Å². The van der Waals surface area contributed by atoms with Gasteiger partial charge in [0.2, 0.25) is 0 Å². The molecule has 11 heavy (non-hydrogen) atoms. The summed E-state index contributed by atoms with van der Waals surface area (Å²) in [5.74, 6) is 0. The highest BCUT2D eigenvalue weighted by atomic mass is 19.1. The highest BCUT2D eigenvalue weighted by Gasteiger charge is 2.07. The minimum atomic E-state index is -0.276. The summed E-state index contributed by atoms with van der Waals surface area (Å²) in [6, 6.07) is 0.404. The van der Waals surface area contributed by atoms with Crippen LogP contribution in [0.1, 0.15) is 13.8 Å². The number of rotatable bonds is 6. The van der Waals surface area contributed by atoms with E-state index >= 15 is 0 Å². The average molecular weight is 163 g/mol. The standard InChI is InChI=1S/C8H18FNO/c1-8(2)10(5-4-9)6-7-11-3/h8H,4-7H2,1-3H3. The third-order valence-electron chi connectivity index (χ3n) is 1.68. The maximum Gasteiger partial charge on any atom is 0.102 e. The van der Waals surface area contributed by atoms with E-state index in [-0.39, 0.29) is 6.67 Å². The molecular formula is C8H18FNO. The van der Waals surface area contributed by atoms with Gasteiger partial charge in [0.1, 0.15) is 6.67 Å². The Morgan fingerprint density at radius 3 is 2.36 bits per heavy atom. The van der Waals surface area contributed by atoms with Crippen molar-refractivity contribution in [1.82, 2.24) is 4.90 Å². The second-order valence-corrected chi connectivity index (χ2v) is 2.81. The maximum atomic E-state index is 11.9. The number of alkyl halides is 1. The molecule has 0 aliphatic heterocycles. The van der Waals surface area contributed by atoms with Crippen molar-refractivity contribution in [2.45, 2.75) is 19.9 Å². The lowest BCUT2D eigenvalue weighted by Gasteiger charge is -2.24. The molecule has 0 aliphatic carbocycles. The summed E-state index contributed by atoms with van der Waals surface area (Å²) in [7, 11) is 1.66. The van der Waals surface area contributed by atoms with Crippen LogP contribution in [0.2, 0.25) is 0 Å². The molecule has 0 bridgehead atoms. The van der Waals surface area contributed by atoms with Gasteiger partial charge in [0, 0.05) is 26.2 Å². The van der Waals surface area contributed by atoms with E-state index in [1.165, 1.54) is 0 Å². The quantitative estimate of drug-likeness (QED) is 0.585. The van der Waals surface area contributed by atoms with Crippen molar-refractivity contribution in [3.8, 4) is 0 Å². The number of hydrogen-bond donors (Lipinski definition) is 0. The topological polar surface area (TPSA) is 12.5 Å². The molecule has 0 N–H and O–H groups in total. The van der Waals surface area contributed by atoms with E-state index in [1.54, 1.807) is 7.11 Å². The summed E-state index contributed by atoms with van der Waals surface area (Å²) in [5, 5.41) is 0. The summed E-state index contributed by atoms with van der Waals surface area (Å²) in [6.07, 6.45) is 0. The fraction of sp³-hybridized carbons (Fsp3) is 1.00. The van der Waals surface area contributed by atoms with E-state index in [2.05, 4.69) is 18.7 Å². The van der Waals surface area contributed by atoms with Gasteiger partial charge in [-0.15, -0.1) is 0 Å². The van der Waals surface area contributed by atoms with Crippen molar-refractivity contribution in [2.24, 2.45) is 0 Å². The predicted molar refractivity (Wildman–Crippen MR) is 44.6 cm³/mol. The Bertz CT molecular complexity index is 88.2. The first-order valence-electron chi connectivity index (χ1n) is 4.01. The molecule has 0 atom stereocenters. The Morgan fingerprint density at radius 1 is 1.36 bits per heavy atom. The summed E-state index contributed by atoms with van der Waals surface area (Å²) >= 11 is 0. The molecule has 68 valence electrons. The van der Waals surface area contributed by atoms with Crippen molar-refractivity contribution in [3.63, 3.8) is 0 Å². The normalized spacial score (nSPS) is 11.5. The molecule has 2 nitrogen and oxygen atoms in total. The van der Waals surface area contributed by atoms with Crippen LogP contribution in [0.4, 0.5) is 4.39 Å². The van der Waals surface area contributed by atoms with E-state index in [4.69, 9.17) is 4.74 Å². The van der Waals surface area contributed by atoms with Gasteiger partial charge in [-0.2, -0.15) is 0 Å². The number of halogens is 1. The third kappa shape index (κ3) is 5.16. The van der Waals surface area contributed by atoms with Crippen LogP contribution in [-0.2, 0) is 4.74 Å². The predicted octanol–water partition coefficient (Wildman–Crippen LogP) is 1.31. The van der Waals surface area contributed by atoms with Crippen LogP contribution >= 0.6 is 0 Å². The number of methoxy groups -OCH3 is 1. The van der Waals surface area contributed by atoms with E-state index in [1.807, 2.05) is 0 Å². The van der Waals surface area contributed by atoms with Gasteiger partial charge >= 0.3 is 0 Å². The first kappa shape index (κ1) is 10.8. The Kier molecular flexibility index (Phi) is 6.46. The van der Waals surface area contributed by atoms with Crippen molar-refractivity contribution < 1.29 is 9.13 Å². The van der Waals surface area contributed by atoms with Crippen molar-refractivity contribution in [2.75, 3.05) is 33.5 Å². The fourth-order valence-corrected chi connectivity index (χ4v) is 0.945. The van der Waals surface area contributed by atoms with Crippen molar-refractivity contribution in [3.05, 3.63) is 0 Å². The van der Waals surface area contributed by atoms with Crippen molar-refractivity contribution in [1.29, 1.82) is 0 Å². The number of nitrogens with zero attached hydrogens (tertiary/aromatic N) is 1. The van der Waals surface area contributed by atoms with Crippen LogP contribution in [0.5, 0.6) is 0 Å². The maximum absolute atomic E-state index is 11.9. The highest BCUT2D eigenvalue weighted by molar-refractivity contribution is 4.61. The largest absolute Gasteiger partial charge is 0.383 e. The summed E-state index contributed by atoms with van der Waals surface area (Å²) in [6.45, 7) is 5.86. The third-order valence-corrected chi connectivity index (χ3v) is 1.68. The molecule has 0 saturated carbocycles. The molecule has 0 saturated heterocycles. The molecule has 3 heteroatoms. The lowest BCUT2D eigenvalue weighted by atomic mass is 10.3. The molecule has 0 rings (SSSR count). The van der Waals surface area contributed by atoms with Crippen LogP contribution in [-0.4, -0.2) is 44.4 Å². The Balaban J connectivity index is 3.51. The smallest absolute Gasteiger partial charge is 0.102 e. The second-order valence-electron chi connectivity index (χ2n) is 2.81. The molecule has 0 amide bonds. The lowest BCUT2D eigenvalue weighted by Crippen LogP contribution is -2.35. The second kappa shape index (κ2) is 6.55. The van der Waals surface area contributed by atoms with Crippen LogP contribution < -0.4 is 0 Å². The summed E-state index contributed by atoms with van der Waals surface area (Å²) < 4.78 is 16.9. The number of ether oxygens (including phenoxy) is 1. The zero-order valence-corrected chi connectivity index (χ0v) is 7.64. The highest BCUT2D eigenvalue weighted by Crippen LogP contribution is 1.96. The first-order valence-corrected chi connectivity index (χ1v) is 4.01. The Hall–Kier alpha value is -0.150. The van der Waals surface area contributed by atoms with E-state index in [9.17, 15) is 4.39 Å². The van der Waals surface area contributed by atoms with Crippen LogP contribution in [0.3, 0.4) is 0 Å². The van der Waals surface area contributed by atoms with Gasteiger partial charge in [-0.3, -0.25) is 4.90 Å². The molecule has 0 heterocycles. The zero-order valence-electron chi connectivity index (χ0n) is 7.64. The molecule has 0 radical (unpaired) electrons. The van der Waals surface area contributed by atoms with Gasteiger partial charge in [-0.1, -0.05) is 0 Å². The van der Waals surface area contributed by atoms with Crippen molar-refractivity contribution >= 4 is 0 Å². The van der Waals surface area contributed by atoms with Gasteiger partial charge in [-0.05, 0) is 13.8 Å². The SMILES string of the molecule is COCCN(CCF)C(C)C. The Morgan fingerprint density at radius 2 is 2.00 bits per heavy atom. The average Bonchev–Trinajstić information content (AvgIpc) is 1.97. The van der Waals surface area contributed by atoms with Gasteiger partial charge in [0.25, 0.3) is 0 Å². The first-order chi connectivity index (χ1) is 5.22. The van der Waals surface area contributed by atoms with Gasteiger partial charge in [0.15, 0.2) is 0 Å². The Labute approximate surface area is 68.3 Å². The van der Waals surface area contributed by atoms with E-state index in [0.717, 1.165) is 6.54 Å². The van der Waals surface area contributed by atoms with Gasteiger partial charge in [0.05, 0.1) is 6.61 Å². The molecule has 0 aliphatic rings. The molecular weight excluding hydrogens is 145 g/mol. The fourth-order valence-electron chi connectivity index (χ4n) is 0.945. The van der Waals surface area contributed by atoms with Gasteiger partial charge < -0.3 is 4.74 Å².